The first-order chi connectivity index (χ1) is 9.32. The van der Waals surface area contributed by atoms with Gasteiger partial charge in [0.25, 0.3) is 0 Å². The Morgan fingerprint density at radius 3 is 2.10 bits per heavy atom. The molecule has 0 bridgehead atoms. The lowest BCUT2D eigenvalue weighted by Crippen LogP contribution is -2.33. The standard InChI is InChI=1S/C13H20N2O5/c1-8(16)11(13(18)19)14-20-10-6-4-9(5-7-10)12(17)15(2)3/h9-10H,4-7H2,1-3H3,(H,18,19)/t9-,10-. The molecule has 0 aromatic heterocycles. The fourth-order valence-electron chi connectivity index (χ4n) is 2.16. The van der Waals surface area contributed by atoms with Gasteiger partial charge in [-0.25, -0.2) is 4.79 Å². The van der Waals surface area contributed by atoms with Crippen LogP contribution in [0.1, 0.15) is 32.6 Å². The number of ketones is 1. The summed E-state index contributed by atoms with van der Waals surface area (Å²) < 4.78 is 0. The summed E-state index contributed by atoms with van der Waals surface area (Å²) >= 11 is 0. The minimum atomic E-state index is -1.39. The first-order valence-corrected chi connectivity index (χ1v) is 6.52. The van der Waals surface area contributed by atoms with Gasteiger partial charge in [0.15, 0.2) is 5.78 Å². The summed E-state index contributed by atoms with van der Waals surface area (Å²) in [7, 11) is 3.45. The van der Waals surface area contributed by atoms with Gasteiger partial charge in [0.05, 0.1) is 0 Å². The van der Waals surface area contributed by atoms with Crippen LogP contribution in [-0.4, -0.2) is 53.6 Å². The Kier molecular flexibility index (Phi) is 5.66. The van der Waals surface area contributed by atoms with Gasteiger partial charge in [0, 0.05) is 26.9 Å². The monoisotopic (exact) mass is 284 g/mol. The minimum absolute atomic E-state index is 0.0134. The highest BCUT2D eigenvalue weighted by Crippen LogP contribution is 2.27. The zero-order chi connectivity index (χ0) is 15.3. The molecule has 112 valence electrons. The highest BCUT2D eigenvalue weighted by atomic mass is 16.6. The molecule has 7 heteroatoms. The van der Waals surface area contributed by atoms with Crippen molar-refractivity contribution >= 4 is 23.4 Å². The molecule has 1 aliphatic rings. The van der Waals surface area contributed by atoms with Crippen LogP contribution in [0.5, 0.6) is 0 Å². The number of Topliss-reactive ketones (excluding diaryl/α,β-unsaturated/α-hetero) is 1. The van der Waals surface area contributed by atoms with Crippen molar-refractivity contribution in [2.75, 3.05) is 14.1 Å². The van der Waals surface area contributed by atoms with Crippen LogP contribution in [0.15, 0.2) is 5.16 Å². The summed E-state index contributed by atoms with van der Waals surface area (Å²) in [5.41, 5.74) is -0.600. The summed E-state index contributed by atoms with van der Waals surface area (Å²) in [6.45, 7) is 1.13. The number of rotatable bonds is 5. The van der Waals surface area contributed by atoms with E-state index < -0.39 is 17.5 Å². The van der Waals surface area contributed by atoms with E-state index >= 15 is 0 Å². The predicted molar refractivity (Wildman–Crippen MR) is 71.3 cm³/mol. The number of aliphatic carboxylic acids is 1. The van der Waals surface area contributed by atoms with Crippen LogP contribution < -0.4 is 0 Å². The topological polar surface area (TPSA) is 96.3 Å². The molecule has 1 N–H and O–H groups in total. The van der Waals surface area contributed by atoms with Crippen molar-refractivity contribution < 1.29 is 24.3 Å². The first-order valence-electron chi connectivity index (χ1n) is 6.52. The Morgan fingerprint density at radius 2 is 1.70 bits per heavy atom. The van der Waals surface area contributed by atoms with Gasteiger partial charge in [0.1, 0.15) is 6.10 Å². The van der Waals surface area contributed by atoms with E-state index in [0.29, 0.717) is 25.7 Å². The fourth-order valence-corrected chi connectivity index (χ4v) is 2.16. The van der Waals surface area contributed by atoms with Crippen LogP contribution in [0.4, 0.5) is 0 Å². The zero-order valence-corrected chi connectivity index (χ0v) is 12.0. The predicted octanol–water partition coefficient (Wildman–Crippen LogP) is 0.680. The van der Waals surface area contributed by atoms with E-state index in [1.807, 2.05) is 0 Å². The SMILES string of the molecule is CC(=O)C(=NO[C@H]1CC[C@H](C(=O)N(C)C)CC1)C(=O)O. The maximum absolute atomic E-state index is 11.8. The Hall–Kier alpha value is -1.92. The molecule has 1 aliphatic carbocycles. The molecule has 1 fully saturated rings. The van der Waals surface area contributed by atoms with Crippen LogP contribution in [0.2, 0.25) is 0 Å². The maximum atomic E-state index is 11.8. The number of nitrogens with zero attached hydrogens (tertiary/aromatic N) is 2. The molecular weight excluding hydrogens is 264 g/mol. The fraction of sp³-hybridized carbons (Fsp3) is 0.692. The van der Waals surface area contributed by atoms with E-state index in [0.717, 1.165) is 6.92 Å². The van der Waals surface area contributed by atoms with Crippen LogP contribution in [0, 0.1) is 5.92 Å². The molecule has 0 aromatic carbocycles. The van der Waals surface area contributed by atoms with Crippen molar-refractivity contribution in [1.29, 1.82) is 0 Å². The number of hydrogen-bond acceptors (Lipinski definition) is 5. The van der Waals surface area contributed by atoms with Crippen LogP contribution in [-0.2, 0) is 19.2 Å². The lowest BCUT2D eigenvalue weighted by atomic mass is 9.86. The summed E-state index contributed by atoms with van der Waals surface area (Å²) in [6.07, 6.45) is 2.37. The molecule has 0 radical (unpaired) electrons. The molecule has 1 amide bonds. The zero-order valence-electron chi connectivity index (χ0n) is 12.0. The second-order valence-corrected chi connectivity index (χ2v) is 5.11. The van der Waals surface area contributed by atoms with Crippen molar-refractivity contribution in [2.24, 2.45) is 11.1 Å². The molecule has 0 heterocycles. The molecule has 7 nitrogen and oxygen atoms in total. The third-order valence-electron chi connectivity index (χ3n) is 3.29. The van der Waals surface area contributed by atoms with Gasteiger partial charge in [-0.15, -0.1) is 0 Å². The molecule has 0 atom stereocenters. The van der Waals surface area contributed by atoms with Crippen LogP contribution in [0.25, 0.3) is 0 Å². The van der Waals surface area contributed by atoms with Gasteiger partial charge in [-0.05, 0) is 25.7 Å². The Balaban J connectivity index is 2.51. The van der Waals surface area contributed by atoms with E-state index in [1.54, 1.807) is 19.0 Å². The van der Waals surface area contributed by atoms with E-state index in [-0.39, 0.29) is 17.9 Å². The minimum Gasteiger partial charge on any atom is -0.476 e. The lowest BCUT2D eigenvalue weighted by molar-refractivity contribution is -0.135. The number of amides is 1. The Labute approximate surface area is 117 Å². The van der Waals surface area contributed by atoms with E-state index in [4.69, 9.17) is 9.94 Å². The van der Waals surface area contributed by atoms with E-state index in [1.165, 1.54) is 0 Å². The maximum Gasteiger partial charge on any atom is 0.361 e. The van der Waals surface area contributed by atoms with Crippen molar-refractivity contribution in [3.05, 3.63) is 0 Å². The average Bonchev–Trinajstić information content (AvgIpc) is 2.38. The van der Waals surface area contributed by atoms with Gasteiger partial charge < -0.3 is 14.8 Å². The molecule has 0 aromatic rings. The molecule has 20 heavy (non-hydrogen) atoms. The van der Waals surface area contributed by atoms with E-state index in [9.17, 15) is 14.4 Å². The second-order valence-electron chi connectivity index (χ2n) is 5.11. The molecule has 0 aliphatic heterocycles. The van der Waals surface area contributed by atoms with Gasteiger partial charge in [-0.2, -0.15) is 0 Å². The number of oxime groups is 1. The second kappa shape index (κ2) is 7.02. The highest BCUT2D eigenvalue weighted by molar-refractivity contribution is 6.63. The summed E-state index contributed by atoms with van der Waals surface area (Å²) in [5.74, 6) is -1.95. The number of carboxylic acid groups (broad SMARTS) is 1. The molecule has 1 saturated carbocycles. The first kappa shape index (κ1) is 16.1. The van der Waals surface area contributed by atoms with Crippen molar-refractivity contribution in [3.63, 3.8) is 0 Å². The van der Waals surface area contributed by atoms with Crippen molar-refractivity contribution in [3.8, 4) is 0 Å². The largest absolute Gasteiger partial charge is 0.476 e. The van der Waals surface area contributed by atoms with Gasteiger partial charge in [-0.1, -0.05) is 5.16 Å². The average molecular weight is 284 g/mol. The number of hydrogen-bond donors (Lipinski definition) is 1. The summed E-state index contributed by atoms with van der Waals surface area (Å²) in [6, 6.07) is 0. The van der Waals surface area contributed by atoms with Crippen molar-refractivity contribution in [2.45, 2.75) is 38.7 Å². The molecule has 0 unspecified atom stereocenters. The van der Waals surface area contributed by atoms with Crippen LogP contribution in [0.3, 0.4) is 0 Å². The van der Waals surface area contributed by atoms with E-state index in [2.05, 4.69) is 5.16 Å². The number of carbonyl (C=O) groups excluding carboxylic acids is 2. The third kappa shape index (κ3) is 4.32. The molecular formula is C13H20N2O5. The van der Waals surface area contributed by atoms with Gasteiger partial charge in [0.2, 0.25) is 11.6 Å². The Morgan fingerprint density at radius 1 is 1.15 bits per heavy atom. The summed E-state index contributed by atoms with van der Waals surface area (Å²) in [5, 5.41) is 12.2. The van der Waals surface area contributed by atoms with Gasteiger partial charge >= 0.3 is 5.97 Å². The lowest BCUT2D eigenvalue weighted by Gasteiger charge is -2.28. The molecule has 1 rings (SSSR count). The summed E-state index contributed by atoms with van der Waals surface area (Å²) in [4.78, 5) is 40.3. The number of carbonyl (C=O) groups is 3. The third-order valence-corrected chi connectivity index (χ3v) is 3.29. The van der Waals surface area contributed by atoms with Crippen molar-refractivity contribution in [1.82, 2.24) is 4.90 Å². The Bertz CT molecular complexity index is 406. The van der Waals surface area contributed by atoms with Gasteiger partial charge in [-0.3, -0.25) is 9.59 Å². The molecule has 0 saturated heterocycles. The molecule has 0 spiro atoms. The normalized spacial score (nSPS) is 23.1. The quantitative estimate of drug-likeness (QED) is 0.455. The number of carboxylic acids is 1. The highest BCUT2D eigenvalue weighted by Gasteiger charge is 2.28. The smallest absolute Gasteiger partial charge is 0.361 e. The van der Waals surface area contributed by atoms with Crippen LogP contribution >= 0.6 is 0 Å².